The van der Waals surface area contributed by atoms with Gasteiger partial charge in [-0.15, -0.1) is 0 Å². The summed E-state index contributed by atoms with van der Waals surface area (Å²) in [6.07, 6.45) is 9.38. The van der Waals surface area contributed by atoms with E-state index in [2.05, 4.69) is 19.2 Å². The van der Waals surface area contributed by atoms with Crippen molar-refractivity contribution in [3.05, 3.63) is 0 Å². The van der Waals surface area contributed by atoms with Crippen molar-refractivity contribution in [2.45, 2.75) is 77.2 Å². The maximum atomic E-state index is 12.3. The Morgan fingerprint density at radius 1 is 1.21 bits per heavy atom. The molecule has 110 valence electrons. The van der Waals surface area contributed by atoms with Crippen molar-refractivity contribution < 1.29 is 9.90 Å². The van der Waals surface area contributed by atoms with Gasteiger partial charge in [0.2, 0.25) is 5.91 Å². The van der Waals surface area contributed by atoms with Crippen LogP contribution < -0.4 is 5.32 Å². The summed E-state index contributed by atoms with van der Waals surface area (Å²) in [5.74, 6) is 0.916. The number of hydrogen-bond acceptors (Lipinski definition) is 2. The minimum Gasteiger partial charge on any atom is -0.388 e. The molecule has 2 aliphatic rings. The normalized spacial score (nSPS) is 34.2. The van der Waals surface area contributed by atoms with Crippen molar-refractivity contribution in [1.29, 1.82) is 0 Å². The van der Waals surface area contributed by atoms with E-state index in [0.717, 1.165) is 57.3 Å². The third kappa shape index (κ3) is 3.50. The van der Waals surface area contributed by atoms with Crippen LogP contribution in [0.25, 0.3) is 0 Å². The summed E-state index contributed by atoms with van der Waals surface area (Å²) in [5.41, 5.74) is -0.840. The maximum absolute atomic E-state index is 12.3. The van der Waals surface area contributed by atoms with Crippen molar-refractivity contribution in [1.82, 2.24) is 5.32 Å². The highest BCUT2D eigenvalue weighted by atomic mass is 16.3. The standard InChI is InChI=1S/C16H29NO2/c1-3-13-6-10-16(19,11-7-13)12-17-14(18)15(2)8-4-5-9-15/h13,19H,3-12H2,1-2H3,(H,17,18). The molecule has 2 rings (SSSR count). The second kappa shape index (κ2) is 5.82. The third-order valence-electron chi connectivity index (χ3n) is 5.45. The molecule has 0 heterocycles. The summed E-state index contributed by atoms with van der Waals surface area (Å²) in [5, 5.41) is 13.6. The highest BCUT2D eigenvalue weighted by molar-refractivity contribution is 5.82. The van der Waals surface area contributed by atoms with Crippen molar-refractivity contribution in [3.8, 4) is 0 Å². The lowest BCUT2D eigenvalue weighted by atomic mass is 9.77. The zero-order valence-electron chi connectivity index (χ0n) is 12.5. The molecular weight excluding hydrogens is 238 g/mol. The van der Waals surface area contributed by atoms with Gasteiger partial charge in [0.1, 0.15) is 0 Å². The Kier molecular flexibility index (Phi) is 4.54. The zero-order chi connectivity index (χ0) is 13.9. The largest absolute Gasteiger partial charge is 0.388 e. The number of carbonyl (C=O) groups excluding carboxylic acids is 1. The van der Waals surface area contributed by atoms with Crippen LogP contribution in [0.5, 0.6) is 0 Å². The molecule has 0 saturated heterocycles. The molecule has 2 aliphatic carbocycles. The van der Waals surface area contributed by atoms with Crippen molar-refractivity contribution in [3.63, 3.8) is 0 Å². The Bertz CT molecular complexity index is 313. The summed E-state index contributed by atoms with van der Waals surface area (Å²) in [6.45, 7) is 4.73. The smallest absolute Gasteiger partial charge is 0.226 e. The van der Waals surface area contributed by atoms with Crippen LogP contribution in [-0.2, 0) is 4.79 Å². The van der Waals surface area contributed by atoms with E-state index in [1.54, 1.807) is 0 Å². The summed E-state index contributed by atoms with van der Waals surface area (Å²) >= 11 is 0. The Morgan fingerprint density at radius 3 is 2.32 bits per heavy atom. The average Bonchev–Trinajstić information content (AvgIpc) is 2.85. The van der Waals surface area contributed by atoms with Crippen molar-refractivity contribution >= 4 is 5.91 Å². The van der Waals surface area contributed by atoms with E-state index in [4.69, 9.17) is 0 Å². The van der Waals surface area contributed by atoms with Crippen LogP contribution >= 0.6 is 0 Å². The summed E-state index contributed by atoms with van der Waals surface area (Å²) in [4.78, 5) is 12.3. The van der Waals surface area contributed by atoms with E-state index in [0.29, 0.717) is 6.54 Å². The van der Waals surface area contributed by atoms with Crippen LogP contribution in [0, 0.1) is 11.3 Å². The van der Waals surface area contributed by atoms with E-state index >= 15 is 0 Å². The van der Waals surface area contributed by atoms with Gasteiger partial charge in [-0.3, -0.25) is 4.79 Å². The van der Waals surface area contributed by atoms with Crippen LogP contribution in [0.4, 0.5) is 0 Å². The second-order valence-electron chi connectivity index (χ2n) is 7.03. The van der Waals surface area contributed by atoms with Crippen LogP contribution in [0.1, 0.15) is 71.6 Å². The Balaban J connectivity index is 1.80. The van der Waals surface area contributed by atoms with Gasteiger partial charge in [0.15, 0.2) is 0 Å². The maximum Gasteiger partial charge on any atom is 0.226 e. The fourth-order valence-electron chi connectivity index (χ4n) is 3.64. The molecule has 0 aromatic carbocycles. The topological polar surface area (TPSA) is 49.3 Å². The number of carbonyl (C=O) groups is 1. The Morgan fingerprint density at radius 2 is 1.79 bits per heavy atom. The molecule has 0 unspecified atom stereocenters. The summed E-state index contributed by atoms with van der Waals surface area (Å²) in [6, 6.07) is 0. The molecular formula is C16H29NO2. The lowest BCUT2D eigenvalue weighted by Gasteiger charge is -2.36. The lowest BCUT2D eigenvalue weighted by Crippen LogP contribution is -2.48. The predicted molar refractivity (Wildman–Crippen MR) is 76.8 cm³/mol. The molecule has 0 aliphatic heterocycles. The molecule has 0 bridgehead atoms. The zero-order valence-corrected chi connectivity index (χ0v) is 12.5. The van der Waals surface area contributed by atoms with Gasteiger partial charge < -0.3 is 10.4 Å². The van der Waals surface area contributed by atoms with E-state index in [-0.39, 0.29) is 11.3 Å². The predicted octanol–water partition coefficient (Wildman–Crippen LogP) is 3.01. The average molecular weight is 267 g/mol. The molecule has 3 nitrogen and oxygen atoms in total. The minimum absolute atomic E-state index is 0.149. The first-order valence-electron chi connectivity index (χ1n) is 7.98. The van der Waals surface area contributed by atoms with Gasteiger partial charge in [0, 0.05) is 12.0 Å². The van der Waals surface area contributed by atoms with Crippen LogP contribution in [-0.4, -0.2) is 23.2 Å². The Labute approximate surface area is 117 Å². The first-order chi connectivity index (χ1) is 8.97. The van der Waals surface area contributed by atoms with Gasteiger partial charge in [0.05, 0.1) is 5.60 Å². The molecule has 0 radical (unpaired) electrons. The van der Waals surface area contributed by atoms with Crippen LogP contribution in [0.15, 0.2) is 0 Å². The van der Waals surface area contributed by atoms with Gasteiger partial charge in [0.25, 0.3) is 0 Å². The molecule has 2 saturated carbocycles. The van der Waals surface area contributed by atoms with Crippen LogP contribution in [0.2, 0.25) is 0 Å². The quantitative estimate of drug-likeness (QED) is 0.822. The van der Waals surface area contributed by atoms with Gasteiger partial charge >= 0.3 is 0 Å². The number of rotatable bonds is 4. The fourth-order valence-corrected chi connectivity index (χ4v) is 3.64. The molecule has 3 heteroatoms. The van der Waals surface area contributed by atoms with E-state index in [1.807, 2.05) is 0 Å². The molecule has 1 amide bonds. The van der Waals surface area contributed by atoms with Gasteiger partial charge in [-0.2, -0.15) is 0 Å². The van der Waals surface area contributed by atoms with Crippen LogP contribution in [0.3, 0.4) is 0 Å². The van der Waals surface area contributed by atoms with Gasteiger partial charge in [-0.25, -0.2) is 0 Å². The third-order valence-corrected chi connectivity index (χ3v) is 5.45. The van der Waals surface area contributed by atoms with E-state index in [9.17, 15) is 9.90 Å². The molecule has 2 fully saturated rings. The molecule has 19 heavy (non-hydrogen) atoms. The molecule has 2 N–H and O–H groups in total. The van der Waals surface area contributed by atoms with Gasteiger partial charge in [-0.1, -0.05) is 33.1 Å². The monoisotopic (exact) mass is 267 g/mol. The number of nitrogens with one attached hydrogen (secondary N) is 1. The van der Waals surface area contributed by atoms with E-state index < -0.39 is 5.60 Å². The molecule has 0 atom stereocenters. The second-order valence-corrected chi connectivity index (χ2v) is 7.03. The fraction of sp³-hybridized carbons (Fsp3) is 0.938. The minimum atomic E-state index is -0.656. The van der Waals surface area contributed by atoms with Crippen molar-refractivity contribution in [2.24, 2.45) is 11.3 Å². The number of aliphatic hydroxyl groups is 1. The summed E-state index contributed by atoms with van der Waals surface area (Å²) < 4.78 is 0. The Hall–Kier alpha value is -0.570. The SMILES string of the molecule is CCC1CCC(O)(CNC(=O)C2(C)CCCC2)CC1. The molecule has 0 spiro atoms. The van der Waals surface area contributed by atoms with Gasteiger partial charge in [-0.05, 0) is 44.4 Å². The first kappa shape index (κ1) is 14.8. The highest BCUT2D eigenvalue weighted by Crippen LogP contribution is 2.38. The number of amides is 1. The molecule has 0 aromatic rings. The lowest BCUT2D eigenvalue weighted by molar-refractivity contribution is -0.131. The van der Waals surface area contributed by atoms with Crippen molar-refractivity contribution in [2.75, 3.05) is 6.54 Å². The summed E-state index contributed by atoms with van der Waals surface area (Å²) in [7, 11) is 0. The highest BCUT2D eigenvalue weighted by Gasteiger charge is 2.38. The van der Waals surface area contributed by atoms with E-state index in [1.165, 1.54) is 6.42 Å². The number of hydrogen-bond donors (Lipinski definition) is 2. The molecule has 0 aromatic heterocycles. The first-order valence-corrected chi connectivity index (χ1v) is 7.98.